The molecule has 0 unspecified atom stereocenters. The van der Waals surface area contributed by atoms with Gasteiger partial charge in [0.25, 0.3) is 0 Å². The summed E-state index contributed by atoms with van der Waals surface area (Å²) in [5, 5.41) is 13.9. The Morgan fingerprint density at radius 3 is 2.65 bits per heavy atom. The van der Waals surface area contributed by atoms with Gasteiger partial charge in [0.2, 0.25) is 5.95 Å². The smallest absolute Gasteiger partial charge is 0.240 e. The molecule has 4 N–H and O–H groups in total. The number of nitrogens with one attached hydrogen (secondary N) is 2. The van der Waals surface area contributed by atoms with E-state index in [4.69, 9.17) is 5.73 Å². The van der Waals surface area contributed by atoms with Crippen molar-refractivity contribution in [3.63, 3.8) is 0 Å². The summed E-state index contributed by atoms with van der Waals surface area (Å²) in [6.07, 6.45) is 8.21. The lowest BCUT2D eigenvalue weighted by Gasteiger charge is -1.96. The third-order valence-corrected chi connectivity index (χ3v) is 3.14. The van der Waals surface area contributed by atoms with E-state index in [9.17, 15) is 0 Å². The minimum absolute atomic E-state index is 0.277. The minimum Gasteiger partial charge on any atom is -0.366 e. The van der Waals surface area contributed by atoms with Crippen molar-refractivity contribution in [1.29, 1.82) is 0 Å². The Morgan fingerprint density at radius 1 is 1.15 bits per heavy atom. The number of rotatable bonds is 1. The van der Waals surface area contributed by atoms with Crippen molar-refractivity contribution in [2.75, 3.05) is 18.8 Å². The van der Waals surface area contributed by atoms with Crippen LogP contribution in [0, 0.1) is 0 Å². The minimum atomic E-state index is 0.277. The molecule has 0 saturated carbocycles. The van der Waals surface area contributed by atoms with E-state index in [-0.39, 0.29) is 5.95 Å². The number of aromatic nitrogens is 5. The van der Waals surface area contributed by atoms with Gasteiger partial charge in [-0.2, -0.15) is 10.1 Å². The largest absolute Gasteiger partial charge is 0.366 e. The van der Waals surface area contributed by atoms with Crippen LogP contribution in [0.4, 0.5) is 5.95 Å². The summed E-state index contributed by atoms with van der Waals surface area (Å²) in [4.78, 5) is 4.04. The molecule has 20 heavy (non-hydrogen) atoms. The Kier molecular flexibility index (Phi) is 3.60. The van der Waals surface area contributed by atoms with E-state index in [1.54, 1.807) is 10.7 Å². The van der Waals surface area contributed by atoms with Crippen molar-refractivity contribution < 1.29 is 0 Å². The number of fused-ring (bicyclic) bond motifs is 1. The highest BCUT2D eigenvalue weighted by Crippen LogP contribution is 2.17. The molecule has 3 aromatic heterocycles. The molecule has 7 heteroatoms. The first-order valence-electron chi connectivity index (χ1n) is 6.65. The number of pyridine rings is 1. The fraction of sp³-hybridized carbons (Fsp3) is 0.308. The summed E-state index contributed by atoms with van der Waals surface area (Å²) < 4.78 is 1.65. The predicted molar refractivity (Wildman–Crippen MR) is 77.1 cm³/mol. The van der Waals surface area contributed by atoms with Gasteiger partial charge in [0.1, 0.15) is 0 Å². The number of nitrogen functional groups attached to an aromatic ring is 1. The van der Waals surface area contributed by atoms with Crippen molar-refractivity contribution in [3.05, 3.63) is 30.7 Å². The summed E-state index contributed by atoms with van der Waals surface area (Å²) in [7, 11) is 0. The number of nitrogens with zero attached hydrogens (tertiary/aromatic N) is 4. The number of nitrogens with two attached hydrogens (primary N) is 1. The van der Waals surface area contributed by atoms with E-state index >= 15 is 0 Å². The predicted octanol–water partition coefficient (Wildman–Crippen LogP) is 1.07. The molecule has 0 aromatic carbocycles. The molecule has 1 fully saturated rings. The third kappa shape index (κ3) is 2.77. The molecule has 0 bridgehead atoms. The van der Waals surface area contributed by atoms with Crippen LogP contribution in [0.5, 0.6) is 0 Å². The Morgan fingerprint density at radius 2 is 2.00 bits per heavy atom. The maximum atomic E-state index is 5.50. The van der Waals surface area contributed by atoms with Crippen LogP contribution in [-0.4, -0.2) is 37.9 Å². The first-order valence-corrected chi connectivity index (χ1v) is 6.65. The van der Waals surface area contributed by atoms with E-state index in [1.807, 2.05) is 24.5 Å². The lowest BCUT2D eigenvalue weighted by atomic mass is 10.2. The second-order valence-corrected chi connectivity index (χ2v) is 4.63. The van der Waals surface area contributed by atoms with E-state index in [0.717, 1.165) is 16.8 Å². The van der Waals surface area contributed by atoms with Crippen molar-refractivity contribution in [2.45, 2.75) is 12.8 Å². The van der Waals surface area contributed by atoms with E-state index in [0.29, 0.717) is 0 Å². The van der Waals surface area contributed by atoms with Crippen molar-refractivity contribution >= 4 is 11.6 Å². The Labute approximate surface area is 116 Å². The molecule has 4 heterocycles. The van der Waals surface area contributed by atoms with Gasteiger partial charge in [0.15, 0.2) is 5.65 Å². The van der Waals surface area contributed by atoms with Crippen molar-refractivity contribution in [3.8, 4) is 11.1 Å². The summed E-state index contributed by atoms with van der Waals surface area (Å²) >= 11 is 0. The van der Waals surface area contributed by atoms with Gasteiger partial charge in [-0.15, -0.1) is 5.10 Å². The van der Waals surface area contributed by atoms with Crippen molar-refractivity contribution in [1.82, 2.24) is 30.1 Å². The number of hydrogen-bond donors (Lipinski definition) is 3. The van der Waals surface area contributed by atoms with Crippen LogP contribution in [0.1, 0.15) is 12.8 Å². The molecule has 7 nitrogen and oxygen atoms in total. The fourth-order valence-electron chi connectivity index (χ4n) is 2.10. The molecule has 0 amide bonds. The molecule has 1 aliphatic rings. The van der Waals surface area contributed by atoms with Gasteiger partial charge in [-0.05, 0) is 38.1 Å². The first kappa shape index (κ1) is 12.6. The summed E-state index contributed by atoms with van der Waals surface area (Å²) in [6.45, 7) is 2.50. The van der Waals surface area contributed by atoms with E-state index < -0.39 is 0 Å². The molecular weight excluding hydrogens is 254 g/mol. The fourth-order valence-corrected chi connectivity index (χ4v) is 2.10. The van der Waals surface area contributed by atoms with Crippen LogP contribution in [0.25, 0.3) is 16.8 Å². The van der Waals surface area contributed by atoms with Gasteiger partial charge in [-0.3, -0.25) is 5.10 Å². The average molecular weight is 271 g/mol. The first-order chi connectivity index (χ1) is 9.83. The zero-order valence-electron chi connectivity index (χ0n) is 11.1. The maximum absolute atomic E-state index is 5.50. The van der Waals surface area contributed by atoms with Gasteiger partial charge < -0.3 is 11.1 Å². The average Bonchev–Trinajstić information content (AvgIpc) is 3.20. The van der Waals surface area contributed by atoms with Crippen LogP contribution in [0.3, 0.4) is 0 Å². The molecular formula is C13H17N7. The number of aromatic amines is 1. The zero-order chi connectivity index (χ0) is 13.8. The Hall–Kier alpha value is -2.41. The second-order valence-electron chi connectivity index (χ2n) is 4.63. The van der Waals surface area contributed by atoms with Crippen LogP contribution < -0.4 is 11.1 Å². The highest BCUT2D eigenvalue weighted by molar-refractivity contribution is 5.62. The lowest BCUT2D eigenvalue weighted by Crippen LogP contribution is -2.03. The van der Waals surface area contributed by atoms with Gasteiger partial charge in [0, 0.05) is 23.5 Å². The normalized spacial score (nSPS) is 14.2. The van der Waals surface area contributed by atoms with Gasteiger partial charge in [-0.25, -0.2) is 4.52 Å². The van der Waals surface area contributed by atoms with Crippen molar-refractivity contribution in [2.24, 2.45) is 0 Å². The van der Waals surface area contributed by atoms with Gasteiger partial charge >= 0.3 is 0 Å². The highest BCUT2D eigenvalue weighted by atomic mass is 15.3. The van der Waals surface area contributed by atoms with E-state index in [1.165, 1.54) is 25.9 Å². The molecule has 1 aliphatic heterocycles. The standard InChI is InChI=1S/C9H8N6.C4H9N/c10-9-13-8-2-1-6(5-15(8)14-9)7-3-11-12-4-7;1-2-4-5-3-1/h1-5H,(H2,10,14)(H,11,12);5H,1-4H2. The number of H-pyrrole nitrogens is 1. The summed E-state index contributed by atoms with van der Waals surface area (Å²) in [5.74, 6) is 0.277. The summed E-state index contributed by atoms with van der Waals surface area (Å²) in [5.41, 5.74) is 8.25. The zero-order valence-corrected chi connectivity index (χ0v) is 11.1. The number of hydrogen-bond acceptors (Lipinski definition) is 5. The van der Waals surface area contributed by atoms with Crippen LogP contribution in [-0.2, 0) is 0 Å². The molecule has 3 aromatic rings. The molecule has 0 spiro atoms. The Balaban J connectivity index is 0.000000205. The second kappa shape index (κ2) is 5.70. The van der Waals surface area contributed by atoms with Crippen LogP contribution in [0.2, 0.25) is 0 Å². The Bertz CT molecular complexity index is 660. The maximum Gasteiger partial charge on any atom is 0.240 e. The van der Waals surface area contributed by atoms with Gasteiger partial charge in [0.05, 0.1) is 6.20 Å². The molecule has 4 rings (SSSR count). The topological polar surface area (TPSA) is 96.9 Å². The lowest BCUT2D eigenvalue weighted by molar-refractivity contribution is 0.857. The highest BCUT2D eigenvalue weighted by Gasteiger charge is 2.03. The third-order valence-electron chi connectivity index (χ3n) is 3.14. The number of anilines is 1. The quantitative estimate of drug-likeness (QED) is 0.615. The summed E-state index contributed by atoms with van der Waals surface area (Å²) in [6, 6.07) is 3.82. The molecule has 1 saturated heterocycles. The van der Waals surface area contributed by atoms with Crippen LogP contribution >= 0.6 is 0 Å². The monoisotopic (exact) mass is 271 g/mol. The van der Waals surface area contributed by atoms with Gasteiger partial charge in [-0.1, -0.05) is 0 Å². The SMILES string of the molecule is C1CCNC1.Nc1nc2ccc(-c3cn[nH]c3)cn2n1. The molecule has 0 aliphatic carbocycles. The van der Waals surface area contributed by atoms with E-state index in [2.05, 4.69) is 25.6 Å². The van der Waals surface area contributed by atoms with Crippen LogP contribution in [0.15, 0.2) is 30.7 Å². The molecule has 0 atom stereocenters. The molecule has 0 radical (unpaired) electrons. The molecule has 104 valence electrons.